The Morgan fingerprint density at radius 1 is 0.944 bits per heavy atom. The van der Waals surface area contributed by atoms with Gasteiger partial charge in [0.2, 0.25) is 5.91 Å². The molecule has 4 aliphatic heterocycles. The first-order valence-corrected chi connectivity index (χ1v) is 7.89. The maximum absolute atomic E-state index is 12.7. The van der Waals surface area contributed by atoms with E-state index < -0.39 is 0 Å². The molecule has 100 valence electrons. The number of amides is 1. The molecule has 3 nitrogen and oxygen atoms in total. The molecule has 1 amide bonds. The van der Waals surface area contributed by atoms with Crippen molar-refractivity contribution in [1.82, 2.24) is 9.80 Å². The zero-order valence-corrected chi connectivity index (χ0v) is 11.2. The van der Waals surface area contributed by atoms with Gasteiger partial charge in [0.25, 0.3) is 0 Å². The highest BCUT2D eigenvalue weighted by Crippen LogP contribution is 2.43. The molecule has 4 rings (SSSR count). The van der Waals surface area contributed by atoms with Gasteiger partial charge in [-0.05, 0) is 51.0 Å². The van der Waals surface area contributed by atoms with E-state index in [4.69, 9.17) is 0 Å². The lowest BCUT2D eigenvalue weighted by atomic mass is 9.70. The summed E-state index contributed by atoms with van der Waals surface area (Å²) < 4.78 is 0. The Morgan fingerprint density at radius 2 is 1.72 bits per heavy atom. The number of carbonyl (C=O) groups excluding carboxylic acids is 1. The van der Waals surface area contributed by atoms with Crippen LogP contribution in [0.4, 0.5) is 0 Å². The SMILES string of the molecule is O=C1[C@@H]2C[C@H](CN3CCCC[C@H]23)[C@H]2CCCCN12. The van der Waals surface area contributed by atoms with Crippen molar-refractivity contribution in [3.63, 3.8) is 0 Å². The third-order valence-corrected chi connectivity index (χ3v) is 5.85. The van der Waals surface area contributed by atoms with Crippen molar-refractivity contribution in [2.75, 3.05) is 19.6 Å². The van der Waals surface area contributed by atoms with Crippen LogP contribution in [0.15, 0.2) is 0 Å². The van der Waals surface area contributed by atoms with Crippen LogP contribution >= 0.6 is 0 Å². The molecule has 2 bridgehead atoms. The summed E-state index contributed by atoms with van der Waals surface area (Å²) in [6.07, 6.45) is 8.97. The summed E-state index contributed by atoms with van der Waals surface area (Å²) in [6.45, 7) is 3.57. The van der Waals surface area contributed by atoms with Crippen molar-refractivity contribution < 1.29 is 4.79 Å². The monoisotopic (exact) mass is 248 g/mol. The number of carbonyl (C=O) groups is 1. The van der Waals surface area contributed by atoms with Gasteiger partial charge >= 0.3 is 0 Å². The van der Waals surface area contributed by atoms with Crippen LogP contribution in [-0.2, 0) is 4.79 Å². The maximum atomic E-state index is 12.7. The molecular weight excluding hydrogens is 224 g/mol. The predicted octanol–water partition coefficient (Wildman–Crippen LogP) is 1.87. The van der Waals surface area contributed by atoms with Gasteiger partial charge in [0.05, 0.1) is 5.92 Å². The van der Waals surface area contributed by atoms with E-state index >= 15 is 0 Å². The van der Waals surface area contributed by atoms with Gasteiger partial charge in [-0.3, -0.25) is 9.69 Å². The molecule has 0 spiro atoms. The molecule has 4 aliphatic rings. The van der Waals surface area contributed by atoms with Crippen molar-refractivity contribution in [2.45, 2.75) is 57.0 Å². The summed E-state index contributed by atoms with van der Waals surface area (Å²) in [5.74, 6) is 1.63. The lowest BCUT2D eigenvalue weighted by molar-refractivity contribution is -0.158. The largest absolute Gasteiger partial charge is 0.339 e. The highest BCUT2D eigenvalue weighted by atomic mass is 16.2. The third kappa shape index (κ3) is 1.56. The minimum Gasteiger partial charge on any atom is -0.339 e. The molecule has 0 unspecified atom stereocenters. The molecule has 0 radical (unpaired) electrons. The quantitative estimate of drug-likeness (QED) is 0.653. The second-order valence-electron chi connectivity index (χ2n) is 6.76. The van der Waals surface area contributed by atoms with Crippen LogP contribution in [-0.4, -0.2) is 47.4 Å². The van der Waals surface area contributed by atoms with Gasteiger partial charge in [0.15, 0.2) is 0 Å². The van der Waals surface area contributed by atoms with E-state index in [1.54, 1.807) is 0 Å². The molecule has 0 aromatic rings. The standard InChI is InChI=1S/C15H24N2O/c18-15-12-9-11(13-5-2-4-8-17(13)15)10-16-7-3-1-6-14(12)16/h11-14H,1-10H2/t11-,12-,13-,14-/m1/s1. The van der Waals surface area contributed by atoms with Crippen LogP contribution in [0.5, 0.6) is 0 Å². The molecule has 4 saturated heterocycles. The molecule has 4 fully saturated rings. The highest BCUT2D eigenvalue weighted by Gasteiger charge is 2.50. The first-order valence-electron chi connectivity index (χ1n) is 7.89. The molecule has 18 heavy (non-hydrogen) atoms. The van der Waals surface area contributed by atoms with Gasteiger partial charge in [0.1, 0.15) is 0 Å². The van der Waals surface area contributed by atoms with Crippen LogP contribution in [0.1, 0.15) is 44.9 Å². The molecule has 0 N–H and O–H groups in total. The van der Waals surface area contributed by atoms with Crippen LogP contribution in [0.2, 0.25) is 0 Å². The second-order valence-corrected chi connectivity index (χ2v) is 6.76. The van der Waals surface area contributed by atoms with Gasteiger partial charge < -0.3 is 4.90 Å². The Balaban J connectivity index is 1.63. The number of hydrogen-bond acceptors (Lipinski definition) is 2. The van der Waals surface area contributed by atoms with E-state index in [1.165, 1.54) is 58.0 Å². The Bertz CT molecular complexity index is 354. The van der Waals surface area contributed by atoms with E-state index in [2.05, 4.69) is 9.80 Å². The van der Waals surface area contributed by atoms with Crippen molar-refractivity contribution in [3.8, 4) is 0 Å². The van der Waals surface area contributed by atoms with Crippen molar-refractivity contribution in [1.29, 1.82) is 0 Å². The zero-order chi connectivity index (χ0) is 12.1. The summed E-state index contributed by atoms with van der Waals surface area (Å²) in [6, 6.07) is 1.18. The minimum atomic E-state index is 0.346. The highest BCUT2D eigenvalue weighted by molar-refractivity contribution is 5.81. The smallest absolute Gasteiger partial charge is 0.227 e. The van der Waals surface area contributed by atoms with E-state index in [9.17, 15) is 4.79 Å². The van der Waals surface area contributed by atoms with Crippen molar-refractivity contribution in [3.05, 3.63) is 0 Å². The fraction of sp³-hybridized carbons (Fsp3) is 0.933. The fourth-order valence-electron chi connectivity index (χ4n) is 5.04. The Kier molecular flexibility index (Phi) is 2.65. The number of piperidine rings is 4. The summed E-state index contributed by atoms with van der Waals surface area (Å²) in [7, 11) is 0. The van der Waals surface area contributed by atoms with Gasteiger partial charge in [-0.2, -0.15) is 0 Å². The van der Waals surface area contributed by atoms with Crippen molar-refractivity contribution in [2.24, 2.45) is 11.8 Å². The topological polar surface area (TPSA) is 23.6 Å². The normalized spacial score (nSPS) is 44.4. The van der Waals surface area contributed by atoms with Gasteiger partial charge in [-0.25, -0.2) is 0 Å². The molecular formula is C15H24N2O. The molecule has 4 atom stereocenters. The van der Waals surface area contributed by atoms with E-state index in [0.717, 1.165) is 12.5 Å². The van der Waals surface area contributed by atoms with Crippen LogP contribution in [0.3, 0.4) is 0 Å². The molecule has 0 aromatic carbocycles. The summed E-state index contributed by atoms with van der Waals surface area (Å²) in [5, 5.41) is 0. The lowest BCUT2D eigenvalue weighted by Gasteiger charge is -2.56. The lowest BCUT2D eigenvalue weighted by Crippen LogP contribution is -2.65. The van der Waals surface area contributed by atoms with E-state index in [0.29, 0.717) is 23.9 Å². The Morgan fingerprint density at radius 3 is 2.61 bits per heavy atom. The first-order chi connectivity index (χ1) is 8.84. The summed E-state index contributed by atoms with van der Waals surface area (Å²) >= 11 is 0. The predicted molar refractivity (Wildman–Crippen MR) is 70.2 cm³/mol. The van der Waals surface area contributed by atoms with Crippen molar-refractivity contribution >= 4 is 5.91 Å². The van der Waals surface area contributed by atoms with Crippen LogP contribution < -0.4 is 0 Å². The molecule has 0 aromatic heterocycles. The Hall–Kier alpha value is -0.570. The molecule has 4 heterocycles. The molecule has 3 heteroatoms. The summed E-state index contributed by atoms with van der Waals surface area (Å²) in [4.78, 5) is 17.7. The van der Waals surface area contributed by atoms with E-state index in [1.807, 2.05) is 0 Å². The van der Waals surface area contributed by atoms with Gasteiger partial charge in [0, 0.05) is 25.2 Å². The zero-order valence-electron chi connectivity index (χ0n) is 11.2. The fourth-order valence-corrected chi connectivity index (χ4v) is 5.04. The van der Waals surface area contributed by atoms with Gasteiger partial charge in [-0.15, -0.1) is 0 Å². The first kappa shape index (κ1) is 11.3. The van der Waals surface area contributed by atoms with E-state index in [-0.39, 0.29) is 0 Å². The average Bonchev–Trinajstić information content (AvgIpc) is 2.44. The number of hydrogen-bond donors (Lipinski definition) is 0. The summed E-state index contributed by atoms with van der Waals surface area (Å²) in [5.41, 5.74) is 0. The minimum absolute atomic E-state index is 0.346. The maximum Gasteiger partial charge on any atom is 0.227 e. The van der Waals surface area contributed by atoms with Crippen LogP contribution in [0.25, 0.3) is 0 Å². The van der Waals surface area contributed by atoms with Crippen LogP contribution in [0, 0.1) is 11.8 Å². The average molecular weight is 248 g/mol. The number of nitrogens with zero attached hydrogens (tertiary/aromatic N) is 2. The molecule has 0 aliphatic carbocycles. The van der Waals surface area contributed by atoms with Gasteiger partial charge in [-0.1, -0.05) is 6.42 Å². The number of fused-ring (bicyclic) bond motifs is 6. The Labute approximate surface area is 110 Å². The second kappa shape index (κ2) is 4.22. The molecule has 0 saturated carbocycles. The third-order valence-electron chi connectivity index (χ3n) is 5.85. The number of rotatable bonds is 0.